The highest BCUT2D eigenvalue weighted by molar-refractivity contribution is 7.22. The highest BCUT2D eigenvalue weighted by Gasteiger charge is 1.91. The van der Waals surface area contributed by atoms with Crippen molar-refractivity contribution in [2.75, 3.05) is 6.61 Å². The molecular formula is C14H25OP. The second kappa shape index (κ2) is 9.81. The minimum absolute atomic E-state index is 0.159. The molecule has 0 aromatic carbocycles. The third kappa shape index (κ3) is 10.1. The summed E-state index contributed by atoms with van der Waals surface area (Å²) in [6.07, 6.45) is 10.8. The molecule has 0 aromatic rings. The largest absolute Gasteiger partial charge is 0.392 e. The lowest BCUT2D eigenvalue weighted by atomic mass is 10.1. The number of aliphatic hydroxyl groups excluding tert-OH is 1. The summed E-state index contributed by atoms with van der Waals surface area (Å²) in [4.78, 5) is 0. The van der Waals surface area contributed by atoms with Gasteiger partial charge in [0.2, 0.25) is 0 Å². The zero-order chi connectivity index (χ0) is 12.4. The van der Waals surface area contributed by atoms with Crippen molar-refractivity contribution in [2.24, 2.45) is 0 Å². The Morgan fingerprint density at radius 3 is 1.94 bits per heavy atom. The first kappa shape index (κ1) is 15.6. The fourth-order valence-electron chi connectivity index (χ4n) is 1.43. The molecule has 0 aliphatic carbocycles. The Kier molecular flexibility index (Phi) is 9.57. The number of aliphatic hydroxyl groups is 1. The van der Waals surface area contributed by atoms with Gasteiger partial charge in [-0.05, 0) is 46.5 Å². The standard InChI is InChI=1S/C14H25OP/c1-12(8-5-9-14(3)16)6-4-7-13(2)10-11-15/h6,9-10,15H,4-5,7-8,11,16H2,1-3H3/b12-6+,13-10+,14-9+. The zero-order valence-corrected chi connectivity index (χ0v) is 11.9. The molecule has 0 rings (SSSR count). The monoisotopic (exact) mass is 240 g/mol. The van der Waals surface area contributed by atoms with E-state index in [1.807, 2.05) is 6.08 Å². The summed E-state index contributed by atoms with van der Waals surface area (Å²) >= 11 is 0. The van der Waals surface area contributed by atoms with Crippen molar-refractivity contribution < 1.29 is 5.11 Å². The van der Waals surface area contributed by atoms with Crippen molar-refractivity contribution >= 4 is 9.24 Å². The maximum Gasteiger partial charge on any atom is 0.0614 e. The van der Waals surface area contributed by atoms with Crippen LogP contribution in [0.1, 0.15) is 46.5 Å². The van der Waals surface area contributed by atoms with Gasteiger partial charge < -0.3 is 5.11 Å². The van der Waals surface area contributed by atoms with E-state index in [9.17, 15) is 0 Å². The lowest BCUT2D eigenvalue weighted by molar-refractivity contribution is 0.341. The second-order valence-electron chi connectivity index (χ2n) is 4.31. The van der Waals surface area contributed by atoms with Crippen LogP contribution in [-0.4, -0.2) is 11.7 Å². The smallest absolute Gasteiger partial charge is 0.0614 e. The van der Waals surface area contributed by atoms with Gasteiger partial charge in [0, 0.05) is 0 Å². The molecular weight excluding hydrogens is 215 g/mol. The first-order chi connectivity index (χ1) is 7.56. The van der Waals surface area contributed by atoms with Gasteiger partial charge in [0.25, 0.3) is 0 Å². The molecule has 92 valence electrons. The van der Waals surface area contributed by atoms with Crippen LogP contribution in [0.25, 0.3) is 0 Å². The van der Waals surface area contributed by atoms with E-state index in [4.69, 9.17) is 5.11 Å². The average Bonchev–Trinajstić information content (AvgIpc) is 2.17. The fourth-order valence-corrected chi connectivity index (χ4v) is 1.60. The van der Waals surface area contributed by atoms with E-state index in [2.05, 4.69) is 42.2 Å². The summed E-state index contributed by atoms with van der Waals surface area (Å²) in [5.41, 5.74) is 2.73. The van der Waals surface area contributed by atoms with Gasteiger partial charge in [0.15, 0.2) is 0 Å². The maximum absolute atomic E-state index is 8.71. The van der Waals surface area contributed by atoms with Gasteiger partial charge in [0.1, 0.15) is 0 Å². The predicted molar refractivity (Wildman–Crippen MR) is 76.5 cm³/mol. The third-order valence-corrected chi connectivity index (χ3v) is 2.71. The van der Waals surface area contributed by atoms with Crippen LogP contribution in [0.2, 0.25) is 0 Å². The molecule has 2 heteroatoms. The molecule has 16 heavy (non-hydrogen) atoms. The first-order valence-corrected chi connectivity index (χ1v) is 6.48. The molecule has 0 aromatic heterocycles. The molecule has 1 atom stereocenters. The first-order valence-electron chi connectivity index (χ1n) is 5.90. The molecule has 0 bridgehead atoms. The Hall–Kier alpha value is -0.390. The maximum atomic E-state index is 8.71. The summed E-state index contributed by atoms with van der Waals surface area (Å²) in [7, 11) is 2.71. The molecule has 0 aliphatic rings. The van der Waals surface area contributed by atoms with Gasteiger partial charge in [0.05, 0.1) is 6.61 Å². The van der Waals surface area contributed by atoms with E-state index >= 15 is 0 Å². The fraction of sp³-hybridized carbons (Fsp3) is 0.571. The van der Waals surface area contributed by atoms with Crippen molar-refractivity contribution in [3.8, 4) is 0 Å². The van der Waals surface area contributed by atoms with Crippen LogP contribution >= 0.6 is 9.24 Å². The number of rotatable bonds is 7. The van der Waals surface area contributed by atoms with Crippen LogP contribution in [0.15, 0.2) is 34.7 Å². The summed E-state index contributed by atoms with van der Waals surface area (Å²) in [5.74, 6) is 0. The van der Waals surface area contributed by atoms with Crippen LogP contribution < -0.4 is 0 Å². The Labute approximate surface area is 103 Å². The normalized spacial score (nSPS) is 14.4. The number of hydrogen-bond donors (Lipinski definition) is 1. The second-order valence-corrected chi connectivity index (χ2v) is 5.22. The number of hydrogen-bond acceptors (Lipinski definition) is 1. The lowest BCUT2D eigenvalue weighted by Crippen LogP contribution is -1.82. The summed E-state index contributed by atoms with van der Waals surface area (Å²) in [5, 5.41) is 10.0. The van der Waals surface area contributed by atoms with E-state index in [1.165, 1.54) is 16.5 Å². The zero-order valence-electron chi connectivity index (χ0n) is 10.8. The van der Waals surface area contributed by atoms with Gasteiger partial charge in [-0.3, -0.25) is 0 Å². The van der Waals surface area contributed by atoms with Gasteiger partial charge in [-0.1, -0.05) is 34.7 Å². The van der Waals surface area contributed by atoms with Gasteiger partial charge in [-0.2, -0.15) is 0 Å². The summed E-state index contributed by atoms with van der Waals surface area (Å²) in [6.45, 7) is 6.52. The lowest BCUT2D eigenvalue weighted by Gasteiger charge is -2.00. The molecule has 0 radical (unpaired) electrons. The van der Waals surface area contributed by atoms with E-state index < -0.39 is 0 Å². The molecule has 0 aliphatic heterocycles. The quantitative estimate of drug-likeness (QED) is 0.522. The van der Waals surface area contributed by atoms with Gasteiger partial charge in [-0.25, -0.2) is 0 Å². The van der Waals surface area contributed by atoms with Gasteiger partial charge in [-0.15, -0.1) is 9.24 Å². The molecule has 0 fully saturated rings. The Bertz CT molecular complexity index is 270. The Morgan fingerprint density at radius 1 is 0.938 bits per heavy atom. The topological polar surface area (TPSA) is 20.2 Å². The van der Waals surface area contributed by atoms with E-state index in [0.717, 1.165) is 25.7 Å². The minimum atomic E-state index is 0.159. The van der Waals surface area contributed by atoms with Crippen LogP contribution in [0.5, 0.6) is 0 Å². The van der Waals surface area contributed by atoms with Crippen molar-refractivity contribution in [3.63, 3.8) is 0 Å². The Morgan fingerprint density at radius 2 is 1.44 bits per heavy atom. The van der Waals surface area contributed by atoms with Crippen molar-refractivity contribution in [1.82, 2.24) is 0 Å². The summed E-state index contributed by atoms with van der Waals surface area (Å²) < 4.78 is 0. The Balaban J connectivity index is 3.79. The molecule has 0 spiro atoms. The van der Waals surface area contributed by atoms with Crippen molar-refractivity contribution in [3.05, 3.63) is 34.7 Å². The van der Waals surface area contributed by atoms with Crippen LogP contribution in [0.4, 0.5) is 0 Å². The molecule has 1 N–H and O–H groups in total. The predicted octanol–water partition coefficient (Wildman–Crippen LogP) is 4.21. The molecule has 1 unspecified atom stereocenters. The number of allylic oxidation sites excluding steroid dienone is 5. The highest BCUT2D eigenvalue weighted by Crippen LogP contribution is 2.12. The van der Waals surface area contributed by atoms with E-state index in [-0.39, 0.29) is 6.61 Å². The molecule has 0 saturated heterocycles. The minimum Gasteiger partial charge on any atom is -0.392 e. The van der Waals surface area contributed by atoms with E-state index in [0.29, 0.717) is 0 Å². The van der Waals surface area contributed by atoms with Crippen LogP contribution in [-0.2, 0) is 0 Å². The molecule has 0 heterocycles. The SMILES string of the molecule is C/C(P)=C\CC/C(C)=C/CC/C(C)=C/CO. The third-order valence-electron chi connectivity index (χ3n) is 2.48. The molecule has 0 amide bonds. The van der Waals surface area contributed by atoms with Gasteiger partial charge >= 0.3 is 0 Å². The average molecular weight is 240 g/mol. The molecule has 0 saturated carbocycles. The highest BCUT2D eigenvalue weighted by atomic mass is 31.0. The van der Waals surface area contributed by atoms with Crippen molar-refractivity contribution in [1.29, 1.82) is 0 Å². The van der Waals surface area contributed by atoms with Crippen LogP contribution in [0, 0.1) is 0 Å². The van der Waals surface area contributed by atoms with E-state index in [1.54, 1.807) is 0 Å². The molecule has 1 nitrogen and oxygen atoms in total. The van der Waals surface area contributed by atoms with Crippen LogP contribution in [0.3, 0.4) is 0 Å². The van der Waals surface area contributed by atoms with Crippen molar-refractivity contribution in [2.45, 2.75) is 46.5 Å². The summed E-state index contributed by atoms with van der Waals surface area (Å²) in [6, 6.07) is 0.